The molecule has 0 spiro atoms. The van der Waals surface area contributed by atoms with Crippen LogP contribution in [-0.2, 0) is 20.7 Å². The Morgan fingerprint density at radius 2 is 1.83 bits per heavy atom. The van der Waals surface area contributed by atoms with E-state index < -0.39 is 11.9 Å². The first kappa shape index (κ1) is 20.6. The highest BCUT2D eigenvalue weighted by Crippen LogP contribution is 2.20. The fourth-order valence-electron chi connectivity index (χ4n) is 3.05. The van der Waals surface area contributed by atoms with Crippen LogP contribution >= 0.6 is 11.6 Å². The molecule has 3 rings (SSSR count). The Morgan fingerprint density at radius 1 is 1.10 bits per heavy atom. The van der Waals surface area contributed by atoms with Crippen molar-refractivity contribution in [2.45, 2.75) is 27.2 Å². The number of para-hydroxylation sites is 1. The molecule has 150 valence electrons. The number of anilines is 1. The average Bonchev–Trinajstić information content (AvgIpc) is 2.97. The molecular weight excluding hydrogens is 390 g/mol. The molecule has 0 saturated carbocycles. The molecule has 0 atom stereocenters. The second-order valence-electron chi connectivity index (χ2n) is 6.74. The molecule has 7 heteroatoms. The smallest absolute Gasteiger partial charge is 0.310 e. The van der Waals surface area contributed by atoms with E-state index in [2.05, 4.69) is 10.4 Å². The van der Waals surface area contributed by atoms with E-state index in [1.807, 2.05) is 51.1 Å². The van der Waals surface area contributed by atoms with Crippen LogP contribution in [0, 0.1) is 20.8 Å². The molecule has 29 heavy (non-hydrogen) atoms. The van der Waals surface area contributed by atoms with Crippen LogP contribution in [0.2, 0.25) is 5.02 Å². The second-order valence-corrected chi connectivity index (χ2v) is 7.18. The first-order valence-electron chi connectivity index (χ1n) is 9.17. The molecule has 1 amide bonds. The van der Waals surface area contributed by atoms with Gasteiger partial charge in [0.1, 0.15) is 0 Å². The number of hydrogen-bond acceptors (Lipinski definition) is 4. The van der Waals surface area contributed by atoms with Crippen molar-refractivity contribution in [1.29, 1.82) is 0 Å². The number of nitrogens with zero attached hydrogens (tertiary/aromatic N) is 2. The van der Waals surface area contributed by atoms with Crippen LogP contribution in [0.15, 0.2) is 48.5 Å². The van der Waals surface area contributed by atoms with Gasteiger partial charge in [-0.2, -0.15) is 5.10 Å². The lowest BCUT2D eigenvalue weighted by atomic mass is 10.1. The van der Waals surface area contributed by atoms with E-state index in [9.17, 15) is 9.59 Å². The van der Waals surface area contributed by atoms with Crippen LogP contribution in [0.4, 0.5) is 5.69 Å². The van der Waals surface area contributed by atoms with E-state index in [4.69, 9.17) is 16.3 Å². The lowest BCUT2D eigenvalue weighted by molar-refractivity contribution is -0.146. The third-order valence-corrected chi connectivity index (χ3v) is 4.82. The van der Waals surface area contributed by atoms with E-state index >= 15 is 0 Å². The summed E-state index contributed by atoms with van der Waals surface area (Å²) in [4.78, 5) is 24.4. The summed E-state index contributed by atoms with van der Waals surface area (Å²) in [5, 5.41) is 7.83. The number of ether oxygens (including phenoxy) is 1. The summed E-state index contributed by atoms with van der Waals surface area (Å²) in [6, 6.07) is 14.8. The minimum Gasteiger partial charge on any atom is -0.455 e. The molecule has 0 aliphatic rings. The molecule has 0 unspecified atom stereocenters. The van der Waals surface area contributed by atoms with Crippen molar-refractivity contribution in [1.82, 2.24) is 9.78 Å². The van der Waals surface area contributed by atoms with Crippen LogP contribution < -0.4 is 5.32 Å². The van der Waals surface area contributed by atoms with Gasteiger partial charge >= 0.3 is 5.97 Å². The van der Waals surface area contributed by atoms with Crippen LogP contribution in [0.1, 0.15) is 22.5 Å². The van der Waals surface area contributed by atoms with Gasteiger partial charge in [0.25, 0.3) is 5.91 Å². The Kier molecular flexibility index (Phi) is 6.34. The van der Waals surface area contributed by atoms with Gasteiger partial charge in [0.15, 0.2) is 6.61 Å². The molecule has 0 aliphatic carbocycles. The van der Waals surface area contributed by atoms with Crippen LogP contribution in [0.5, 0.6) is 0 Å². The van der Waals surface area contributed by atoms with Crippen molar-refractivity contribution in [2.24, 2.45) is 0 Å². The van der Waals surface area contributed by atoms with Crippen LogP contribution in [-0.4, -0.2) is 28.3 Å². The minimum absolute atomic E-state index is 0.0533. The van der Waals surface area contributed by atoms with Crippen molar-refractivity contribution >= 4 is 29.2 Å². The van der Waals surface area contributed by atoms with Crippen LogP contribution in [0.3, 0.4) is 0 Å². The second kappa shape index (κ2) is 8.92. The fraction of sp³-hybridized carbons (Fsp3) is 0.227. The summed E-state index contributed by atoms with van der Waals surface area (Å²) in [5.41, 5.74) is 4.80. The lowest BCUT2D eigenvalue weighted by Crippen LogP contribution is -2.22. The minimum atomic E-state index is -0.480. The number of benzene rings is 2. The third-order valence-electron chi connectivity index (χ3n) is 4.59. The zero-order valence-corrected chi connectivity index (χ0v) is 17.3. The summed E-state index contributed by atoms with van der Waals surface area (Å²) in [7, 11) is 0. The quantitative estimate of drug-likeness (QED) is 0.617. The van der Waals surface area contributed by atoms with Gasteiger partial charge in [0.2, 0.25) is 0 Å². The van der Waals surface area contributed by atoms with Gasteiger partial charge < -0.3 is 10.1 Å². The molecule has 2 aromatic carbocycles. The normalized spacial score (nSPS) is 10.6. The first-order valence-corrected chi connectivity index (χ1v) is 9.55. The maximum atomic E-state index is 12.3. The molecule has 0 bridgehead atoms. The maximum Gasteiger partial charge on any atom is 0.310 e. The first-order chi connectivity index (χ1) is 13.8. The van der Waals surface area contributed by atoms with E-state index in [0.717, 1.165) is 28.2 Å². The van der Waals surface area contributed by atoms with Gasteiger partial charge in [-0.1, -0.05) is 29.8 Å². The number of halogens is 1. The Morgan fingerprint density at radius 3 is 2.52 bits per heavy atom. The predicted molar refractivity (Wildman–Crippen MR) is 113 cm³/mol. The number of carbonyl (C=O) groups excluding carboxylic acids is 2. The molecule has 0 radical (unpaired) electrons. The summed E-state index contributed by atoms with van der Waals surface area (Å²) < 4.78 is 6.95. The molecule has 0 aliphatic heterocycles. The van der Waals surface area contributed by atoms with Crippen molar-refractivity contribution in [3.63, 3.8) is 0 Å². The number of rotatable bonds is 6. The van der Waals surface area contributed by atoms with Gasteiger partial charge in [0.05, 0.1) is 17.8 Å². The highest BCUT2D eigenvalue weighted by Gasteiger charge is 2.17. The monoisotopic (exact) mass is 411 g/mol. The van der Waals surface area contributed by atoms with Gasteiger partial charge in [0, 0.05) is 22.0 Å². The maximum absolute atomic E-state index is 12.3. The number of aromatic nitrogens is 2. The van der Waals surface area contributed by atoms with Crippen molar-refractivity contribution < 1.29 is 14.3 Å². The molecular formula is C22H22ClN3O3. The van der Waals surface area contributed by atoms with Gasteiger partial charge in [-0.15, -0.1) is 0 Å². The number of esters is 1. The summed E-state index contributed by atoms with van der Waals surface area (Å²) in [6.45, 7) is 5.24. The Bertz CT molecular complexity index is 1040. The van der Waals surface area contributed by atoms with Gasteiger partial charge in [-0.3, -0.25) is 9.59 Å². The number of carbonyl (C=O) groups is 2. The number of aryl methyl sites for hydroxylation is 2. The van der Waals surface area contributed by atoms with Crippen molar-refractivity contribution in [3.05, 3.63) is 76.1 Å². The fourth-order valence-corrected chi connectivity index (χ4v) is 3.27. The zero-order valence-electron chi connectivity index (χ0n) is 16.5. The number of amides is 1. The molecule has 1 aromatic heterocycles. The summed E-state index contributed by atoms with van der Waals surface area (Å²) in [5.74, 6) is -0.885. The van der Waals surface area contributed by atoms with Crippen LogP contribution in [0.25, 0.3) is 5.69 Å². The molecule has 0 saturated heterocycles. The molecule has 6 nitrogen and oxygen atoms in total. The van der Waals surface area contributed by atoms with Gasteiger partial charge in [-0.25, -0.2) is 4.68 Å². The van der Waals surface area contributed by atoms with E-state index in [1.54, 1.807) is 22.9 Å². The van der Waals surface area contributed by atoms with Gasteiger partial charge in [-0.05, 0) is 56.7 Å². The van der Waals surface area contributed by atoms with E-state index in [1.165, 1.54) is 0 Å². The zero-order chi connectivity index (χ0) is 21.0. The van der Waals surface area contributed by atoms with Crippen molar-refractivity contribution in [2.75, 3.05) is 11.9 Å². The SMILES string of the molecule is Cc1cc(Cl)ccc1NC(=O)COC(=O)Cc1c(C)nn(-c2ccccc2)c1C. The Hall–Kier alpha value is -3.12. The topological polar surface area (TPSA) is 73.2 Å². The molecule has 1 N–H and O–H groups in total. The number of hydrogen-bond donors (Lipinski definition) is 1. The van der Waals surface area contributed by atoms with E-state index in [0.29, 0.717) is 10.7 Å². The highest BCUT2D eigenvalue weighted by atomic mass is 35.5. The summed E-state index contributed by atoms with van der Waals surface area (Å²) in [6.07, 6.45) is 0.0533. The van der Waals surface area contributed by atoms with E-state index in [-0.39, 0.29) is 13.0 Å². The lowest BCUT2D eigenvalue weighted by Gasteiger charge is -2.09. The summed E-state index contributed by atoms with van der Waals surface area (Å²) >= 11 is 5.91. The van der Waals surface area contributed by atoms with Crippen molar-refractivity contribution in [3.8, 4) is 5.69 Å². The largest absolute Gasteiger partial charge is 0.455 e. The predicted octanol–water partition coefficient (Wildman–Crippen LogP) is 4.18. The molecule has 1 heterocycles. The third kappa shape index (κ3) is 5.03. The molecule has 0 fully saturated rings. The molecule has 3 aromatic rings. The Labute approximate surface area is 174 Å². The Balaban J connectivity index is 1.60. The highest BCUT2D eigenvalue weighted by molar-refractivity contribution is 6.30. The standard InChI is InChI=1S/C22H22ClN3O3/c1-14-11-17(23)9-10-20(14)24-21(27)13-29-22(28)12-19-15(2)25-26(16(19)3)18-7-5-4-6-8-18/h4-11H,12-13H2,1-3H3,(H,24,27). The average molecular weight is 412 g/mol. The number of nitrogens with one attached hydrogen (secondary N) is 1.